The van der Waals surface area contributed by atoms with Crippen molar-refractivity contribution in [1.29, 1.82) is 0 Å². The van der Waals surface area contributed by atoms with E-state index in [0.29, 0.717) is 16.9 Å². The molecule has 2 rings (SSSR count). The predicted molar refractivity (Wildman–Crippen MR) is 100 cm³/mol. The third kappa shape index (κ3) is 4.43. The maximum Gasteiger partial charge on any atom is 0.280 e. The summed E-state index contributed by atoms with van der Waals surface area (Å²) in [5, 5.41) is 0. The molecule has 0 aliphatic carbocycles. The zero-order valence-electron chi connectivity index (χ0n) is 14.3. The minimum atomic E-state index is -3.75. The van der Waals surface area contributed by atoms with E-state index in [9.17, 15) is 17.8 Å². The van der Waals surface area contributed by atoms with Crippen LogP contribution < -0.4 is 11.5 Å². The Morgan fingerprint density at radius 1 is 1.19 bits per heavy atom. The van der Waals surface area contributed by atoms with Gasteiger partial charge in [-0.05, 0) is 36.2 Å². The number of nitrogens with two attached hydrogens (primary N) is 2. The van der Waals surface area contributed by atoms with Gasteiger partial charge < -0.3 is 16.0 Å². The van der Waals surface area contributed by atoms with Gasteiger partial charge in [-0.3, -0.25) is 4.79 Å². The van der Waals surface area contributed by atoms with Gasteiger partial charge in [0.1, 0.15) is 4.90 Å². The number of aliphatic imine (C=N–C) groups is 1. The van der Waals surface area contributed by atoms with Crippen LogP contribution in [0.1, 0.15) is 22.8 Å². The molecule has 0 heterocycles. The first-order valence-electron chi connectivity index (χ1n) is 7.63. The normalized spacial score (nSPS) is 12.4. The van der Waals surface area contributed by atoms with E-state index in [-0.39, 0.29) is 15.4 Å². The Morgan fingerprint density at radius 3 is 2.31 bits per heavy atom. The van der Waals surface area contributed by atoms with Gasteiger partial charge in [-0.1, -0.05) is 25.1 Å². The quantitative estimate of drug-likeness (QED) is 0.445. The zero-order chi connectivity index (χ0) is 19.5. The molecule has 0 radical (unpaired) electrons. The smallest absolute Gasteiger partial charge is 0.280 e. The third-order valence-electron chi connectivity index (χ3n) is 3.57. The molecule has 2 aromatic rings. The molecule has 9 heteroatoms. The molecule has 0 aliphatic heterocycles. The van der Waals surface area contributed by atoms with Crippen LogP contribution in [0.3, 0.4) is 0 Å². The highest BCUT2D eigenvalue weighted by Crippen LogP contribution is 2.30. The summed E-state index contributed by atoms with van der Waals surface area (Å²) in [5.74, 6) is -1.17. The average Bonchev–Trinajstić information content (AvgIpc) is 2.59. The van der Waals surface area contributed by atoms with Crippen molar-refractivity contribution in [3.8, 4) is 0 Å². The molecule has 1 amide bonds. The summed E-state index contributed by atoms with van der Waals surface area (Å²) in [6.07, 6.45) is 1.40. The summed E-state index contributed by atoms with van der Waals surface area (Å²) in [5.41, 5.74) is 11.1. The molecule has 7 nitrogen and oxygen atoms in total. The molecular weight excluding hydrogens is 374 g/mol. The Labute approximate surface area is 155 Å². The van der Waals surface area contributed by atoms with Crippen LogP contribution in [0.2, 0.25) is 0 Å². The molecule has 0 spiro atoms. The molecule has 0 bridgehead atoms. The second-order valence-electron chi connectivity index (χ2n) is 5.51. The minimum Gasteiger partial charge on any atom is -0.606 e. The van der Waals surface area contributed by atoms with Crippen molar-refractivity contribution in [2.75, 3.05) is 6.26 Å². The highest BCUT2D eigenvalue weighted by molar-refractivity contribution is 7.94. The molecule has 0 fully saturated rings. The molecule has 26 heavy (non-hydrogen) atoms. The van der Waals surface area contributed by atoms with Gasteiger partial charge >= 0.3 is 0 Å². The molecule has 4 N–H and O–H groups in total. The first-order valence-corrected chi connectivity index (χ1v) is 10.7. The van der Waals surface area contributed by atoms with Crippen LogP contribution in [0.15, 0.2) is 62.1 Å². The van der Waals surface area contributed by atoms with Gasteiger partial charge in [-0.15, -0.1) is 0 Å². The van der Waals surface area contributed by atoms with E-state index in [0.717, 1.165) is 6.26 Å². The van der Waals surface area contributed by atoms with Crippen molar-refractivity contribution in [2.45, 2.75) is 28.0 Å². The van der Waals surface area contributed by atoms with E-state index in [1.807, 2.05) is 0 Å². The van der Waals surface area contributed by atoms with Crippen LogP contribution >= 0.6 is 0 Å². The third-order valence-corrected chi connectivity index (χ3v) is 6.27. The summed E-state index contributed by atoms with van der Waals surface area (Å²) in [4.78, 5) is 16.1. The van der Waals surface area contributed by atoms with Crippen LogP contribution in [0.25, 0.3) is 0 Å². The lowest BCUT2D eigenvalue weighted by molar-refractivity contribution is 0.100. The summed E-state index contributed by atoms with van der Waals surface area (Å²) < 4.78 is 37.4. The van der Waals surface area contributed by atoms with Crippen molar-refractivity contribution >= 4 is 32.9 Å². The SMILES string of the molecule is CCc1cc([S+]([O-])c2ccccc2)c(S(C)(=O)=O)cc1C(=O)N=C(N)N. The van der Waals surface area contributed by atoms with Crippen LogP contribution in [-0.4, -0.2) is 31.1 Å². The monoisotopic (exact) mass is 393 g/mol. The molecule has 138 valence electrons. The van der Waals surface area contributed by atoms with Crippen LogP contribution in [0.4, 0.5) is 0 Å². The Bertz CT molecular complexity index is 953. The van der Waals surface area contributed by atoms with E-state index >= 15 is 0 Å². The number of aryl methyl sites for hydroxylation is 1. The van der Waals surface area contributed by atoms with Crippen LogP contribution in [-0.2, 0) is 27.4 Å². The average molecular weight is 393 g/mol. The first kappa shape index (κ1) is 20.0. The van der Waals surface area contributed by atoms with E-state index in [4.69, 9.17) is 11.5 Å². The van der Waals surface area contributed by atoms with Gasteiger partial charge in [-0.25, -0.2) is 8.42 Å². The molecular formula is C17H19N3O4S2. The lowest BCUT2D eigenvalue weighted by atomic mass is 10.0. The number of rotatable bonds is 5. The number of hydrogen-bond donors (Lipinski definition) is 2. The van der Waals surface area contributed by atoms with Crippen LogP contribution in [0.5, 0.6) is 0 Å². The van der Waals surface area contributed by atoms with E-state index in [1.54, 1.807) is 37.3 Å². The van der Waals surface area contributed by atoms with Crippen molar-refractivity contribution in [1.82, 2.24) is 0 Å². The zero-order valence-corrected chi connectivity index (χ0v) is 15.9. The molecule has 0 aliphatic rings. The van der Waals surface area contributed by atoms with Gasteiger partial charge in [0.15, 0.2) is 25.6 Å². The number of carbonyl (C=O) groups is 1. The lowest BCUT2D eigenvalue weighted by Gasteiger charge is -2.16. The Hall–Kier alpha value is -2.36. The number of amides is 1. The molecule has 0 aromatic heterocycles. The molecule has 0 saturated carbocycles. The molecule has 0 saturated heterocycles. The van der Waals surface area contributed by atoms with E-state index in [2.05, 4.69) is 4.99 Å². The maximum absolute atomic E-state index is 12.9. The Morgan fingerprint density at radius 2 is 1.81 bits per heavy atom. The van der Waals surface area contributed by atoms with Gasteiger partial charge in [0.25, 0.3) is 5.91 Å². The number of hydrogen-bond acceptors (Lipinski definition) is 4. The molecule has 1 unspecified atom stereocenters. The van der Waals surface area contributed by atoms with Crippen LogP contribution in [0, 0.1) is 0 Å². The molecule has 2 aromatic carbocycles. The van der Waals surface area contributed by atoms with Gasteiger partial charge in [-0.2, -0.15) is 4.99 Å². The second kappa shape index (κ2) is 7.90. The van der Waals surface area contributed by atoms with E-state index in [1.165, 1.54) is 12.1 Å². The lowest BCUT2D eigenvalue weighted by Crippen LogP contribution is -2.24. The fraction of sp³-hybridized carbons (Fsp3) is 0.176. The van der Waals surface area contributed by atoms with Crippen molar-refractivity contribution < 1.29 is 17.8 Å². The number of guanidine groups is 1. The van der Waals surface area contributed by atoms with Crippen molar-refractivity contribution in [3.05, 3.63) is 53.6 Å². The number of nitrogens with zero attached hydrogens (tertiary/aromatic N) is 1. The van der Waals surface area contributed by atoms with Gasteiger partial charge in [0.2, 0.25) is 0 Å². The number of carbonyl (C=O) groups excluding carboxylic acids is 1. The summed E-state index contributed by atoms with van der Waals surface area (Å²) >= 11 is -1.72. The maximum atomic E-state index is 12.9. The Kier molecular flexibility index (Phi) is 6.06. The largest absolute Gasteiger partial charge is 0.606 e. The fourth-order valence-electron chi connectivity index (χ4n) is 2.38. The Balaban J connectivity index is 2.73. The highest BCUT2D eigenvalue weighted by atomic mass is 32.2. The molecule has 1 atom stereocenters. The highest BCUT2D eigenvalue weighted by Gasteiger charge is 2.28. The van der Waals surface area contributed by atoms with E-state index < -0.39 is 32.9 Å². The minimum absolute atomic E-state index is 0.0649. The number of benzene rings is 2. The predicted octanol–water partition coefficient (Wildman–Crippen LogP) is 1.23. The summed E-state index contributed by atoms with van der Waals surface area (Å²) in [6.45, 7) is 1.79. The van der Waals surface area contributed by atoms with Crippen molar-refractivity contribution in [3.63, 3.8) is 0 Å². The standard InChI is InChI=1S/C17H19N3O4S2/c1-3-11-9-14(25(22)12-7-5-4-6-8-12)15(26(2,23)24)10-13(11)16(21)20-17(18)19/h4-10H,3H2,1-2H3,(H4,18,19,20,21). The van der Waals surface area contributed by atoms with Gasteiger partial charge in [0, 0.05) is 23.0 Å². The second-order valence-corrected chi connectivity index (χ2v) is 8.94. The summed E-state index contributed by atoms with van der Waals surface area (Å²) in [7, 11) is -3.75. The topological polar surface area (TPSA) is 139 Å². The first-order chi connectivity index (χ1) is 12.1. The fourth-order valence-corrected chi connectivity index (χ4v) is 4.96. The number of sulfone groups is 1. The van der Waals surface area contributed by atoms with Crippen molar-refractivity contribution in [2.24, 2.45) is 16.5 Å². The van der Waals surface area contributed by atoms with Gasteiger partial charge in [0.05, 0.1) is 0 Å². The summed E-state index contributed by atoms with van der Waals surface area (Å²) in [6, 6.07) is 11.1.